The number of carbonyl (C=O) groups is 12. The van der Waals surface area contributed by atoms with Crippen LogP contribution in [-0.2, 0) is 62.3 Å². The summed E-state index contributed by atoms with van der Waals surface area (Å²) in [5.74, 6) is -11.4. The zero-order chi connectivity index (χ0) is 66.7. The fraction of sp³-hybridized carbons (Fsp3) is 0.806. The van der Waals surface area contributed by atoms with Gasteiger partial charge in [-0.15, -0.1) is 0 Å². The maximum absolute atomic E-state index is 15.0. The predicted octanol–water partition coefficient (Wildman–Crippen LogP) is 3.00. The van der Waals surface area contributed by atoms with E-state index in [-0.39, 0.29) is 74.5 Å². The summed E-state index contributed by atoms with van der Waals surface area (Å²) in [6.45, 7) is 29.0. The zero-order valence-corrected chi connectivity index (χ0v) is 56.1. The van der Waals surface area contributed by atoms with Crippen molar-refractivity contribution in [2.75, 3.05) is 48.8 Å². The molecule has 0 spiro atoms. The Morgan fingerprint density at radius 3 is 1.26 bits per heavy atom. The number of cyclic esters (lactones) is 1. The number of likely N-dealkylation sites (N-methyl/N-ethyl adjacent to an activating group) is 6. The van der Waals surface area contributed by atoms with Gasteiger partial charge in [-0.1, -0.05) is 111 Å². The summed E-state index contributed by atoms with van der Waals surface area (Å²) in [5.41, 5.74) is 0. The minimum Gasteiger partial charge on any atom is -0.450 e. The van der Waals surface area contributed by atoms with E-state index >= 15 is 0 Å². The van der Waals surface area contributed by atoms with Crippen LogP contribution in [0.25, 0.3) is 0 Å². The Kier molecular flexibility index (Phi) is 32.2. The second-order valence-corrected chi connectivity index (χ2v) is 26.6. The van der Waals surface area contributed by atoms with Crippen molar-refractivity contribution in [1.29, 1.82) is 0 Å². The van der Waals surface area contributed by atoms with Gasteiger partial charge in [0.2, 0.25) is 53.2 Å². The summed E-state index contributed by atoms with van der Waals surface area (Å²) in [6.07, 6.45) is -2.27. The van der Waals surface area contributed by atoms with E-state index in [9.17, 15) is 62.6 Å². The van der Waals surface area contributed by atoms with Gasteiger partial charge < -0.3 is 65.3 Å². The van der Waals surface area contributed by atoms with Gasteiger partial charge in [0, 0.05) is 48.7 Å². The van der Waals surface area contributed by atoms with Gasteiger partial charge in [-0.25, -0.2) is 4.79 Å². The number of rotatable bonds is 17. The van der Waals surface area contributed by atoms with Crippen LogP contribution in [0.3, 0.4) is 0 Å². The lowest BCUT2D eigenvalue weighted by atomic mass is 9.92. The highest BCUT2D eigenvalue weighted by Crippen LogP contribution is 2.24. The molecule has 0 unspecified atom stereocenters. The third-order valence-corrected chi connectivity index (χ3v) is 15.8. The molecule has 0 radical (unpaired) electrons. The summed E-state index contributed by atoms with van der Waals surface area (Å²) in [7, 11) is 8.19. The zero-order valence-electron chi connectivity index (χ0n) is 56.1. The van der Waals surface area contributed by atoms with E-state index in [4.69, 9.17) is 4.74 Å². The molecule has 86 heavy (non-hydrogen) atoms. The van der Waals surface area contributed by atoms with E-state index in [0.717, 1.165) is 9.80 Å². The molecule has 0 bridgehead atoms. The summed E-state index contributed by atoms with van der Waals surface area (Å²) < 4.78 is 5.88. The normalized spacial score (nSPS) is 26.5. The molecule has 1 fully saturated rings. The van der Waals surface area contributed by atoms with Gasteiger partial charge in [-0.3, -0.25) is 47.9 Å². The maximum Gasteiger partial charge on any atom is 0.329 e. The number of hydrogen-bond donors (Lipinski definition) is 5. The molecule has 5 N–H and O–H groups in total. The number of hydrogen-bond acceptors (Lipinski definition) is 14. The molecule has 0 aromatic heterocycles. The standard InChI is InChI=1S/C62H110N10O14/c1-24-42-57(80)67(18)32-48(74)68(19)45(29-35(6)7)54(77)65-43(27-33(2)3)58(81)69(20)46(30-36(8)9)53(76)63-41(17)62(85)86-52(39(14)15)61(84)70(21)47(31-37(10)11)55(78)66-44(28-34(4)5)59(82)71(22)49(38(12)13)60(83)72(23)50(56(79)64-42)51(75)40(16)25-26-73/h26,33-47,49-52,75H,24-25,27-32H2,1-23H3,(H,63,76)(H,64,79)(H,65,77)(H,66,78)/t40-,41+,42+,43+,44-,45+,46+,47+,49+,50+,51-,52-/m1/s1. The Morgan fingerprint density at radius 2 is 0.860 bits per heavy atom. The van der Waals surface area contributed by atoms with Crippen molar-refractivity contribution in [1.82, 2.24) is 50.7 Å². The molecule has 0 aromatic rings. The van der Waals surface area contributed by atoms with Crippen LogP contribution in [0.2, 0.25) is 0 Å². The Hall–Kier alpha value is -6.20. The van der Waals surface area contributed by atoms with Gasteiger partial charge >= 0.3 is 5.97 Å². The number of nitrogens with one attached hydrogen (secondary N) is 4. The molecule has 10 amide bonds. The Balaban J connectivity index is 4.35. The van der Waals surface area contributed by atoms with Crippen LogP contribution >= 0.6 is 0 Å². The monoisotopic (exact) mass is 1220 g/mol. The van der Waals surface area contributed by atoms with Crippen LogP contribution in [0.1, 0.15) is 163 Å². The number of aliphatic hydroxyl groups is 1. The first kappa shape index (κ1) is 77.8. The van der Waals surface area contributed by atoms with E-state index in [0.29, 0.717) is 6.29 Å². The van der Waals surface area contributed by atoms with Crippen molar-refractivity contribution >= 4 is 71.3 Å². The van der Waals surface area contributed by atoms with Crippen LogP contribution in [0.4, 0.5) is 0 Å². The van der Waals surface area contributed by atoms with E-state index in [1.165, 1.54) is 75.7 Å². The first-order valence-electron chi connectivity index (χ1n) is 30.8. The molecule has 0 saturated carbocycles. The SMILES string of the molecule is CC[C@@H]1NC(=O)[C@H]([C@H](O)[C@H](C)CC=O)N(C)C(=O)[C@H](C(C)C)N(C)C(=O)[C@@H](CC(C)C)NC(=O)[C@H](CC(C)C)N(C)C(=O)[C@@H](C(C)C)OC(=O)[C@H](C)NC(=O)[C@H](CC(C)C)N(C)C(=O)[C@H](CC(C)C)NC(=O)[C@H](CC(C)C)N(C)C(=O)CN(C)C1=O. The van der Waals surface area contributed by atoms with Crippen molar-refractivity contribution in [2.24, 2.45) is 47.3 Å². The molecule has 492 valence electrons. The molecule has 1 heterocycles. The second-order valence-electron chi connectivity index (χ2n) is 26.6. The van der Waals surface area contributed by atoms with Gasteiger partial charge in [0.15, 0.2) is 6.10 Å². The fourth-order valence-corrected chi connectivity index (χ4v) is 10.6. The molecule has 12 atom stereocenters. The molecule has 1 aliphatic rings. The Morgan fingerprint density at radius 1 is 0.477 bits per heavy atom. The number of amides is 10. The largest absolute Gasteiger partial charge is 0.450 e. The smallest absolute Gasteiger partial charge is 0.329 e. The van der Waals surface area contributed by atoms with E-state index in [1.54, 1.807) is 34.6 Å². The van der Waals surface area contributed by atoms with E-state index < -0.39 is 156 Å². The molecule has 24 nitrogen and oxygen atoms in total. The molecule has 0 aliphatic carbocycles. The number of esters is 1. The first-order valence-corrected chi connectivity index (χ1v) is 30.8. The number of aldehydes is 1. The first-order chi connectivity index (χ1) is 39.7. The molecule has 1 saturated heterocycles. The van der Waals surface area contributed by atoms with Crippen molar-refractivity contribution in [2.45, 2.75) is 229 Å². The number of nitrogens with zero attached hydrogens (tertiary/aromatic N) is 6. The number of aliphatic hydroxyl groups excluding tert-OH is 1. The van der Waals surface area contributed by atoms with Gasteiger partial charge in [0.1, 0.15) is 60.7 Å². The topological polar surface area (TPSA) is 302 Å². The Labute approximate surface area is 513 Å². The van der Waals surface area contributed by atoms with Gasteiger partial charge in [-0.05, 0) is 92.8 Å². The van der Waals surface area contributed by atoms with Crippen molar-refractivity contribution in [3.63, 3.8) is 0 Å². The average Bonchev–Trinajstić information content (AvgIpc) is 2.59. The van der Waals surface area contributed by atoms with Crippen LogP contribution in [0.15, 0.2) is 0 Å². The molecule has 24 heteroatoms. The van der Waals surface area contributed by atoms with Gasteiger partial charge in [0.25, 0.3) is 5.91 Å². The average molecular weight is 1220 g/mol. The van der Waals surface area contributed by atoms with Crippen LogP contribution in [0.5, 0.6) is 0 Å². The molecule has 0 aromatic carbocycles. The molecular formula is C62H110N10O14. The van der Waals surface area contributed by atoms with E-state index in [1.807, 2.05) is 69.2 Å². The number of carbonyl (C=O) groups excluding carboxylic acids is 12. The quantitative estimate of drug-likeness (QED) is 0.103. The summed E-state index contributed by atoms with van der Waals surface area (Å²) in [5, 5.41) is 22.9. The Bertz CT molecular complexity index is 2330. The van der Waals surface area contributed by atoms with Gasteiger partial charge in [-0.2, -0.15) is 0 Å². The van der Waals surface area contributed by atoms with Crippen LogP contribution < -0.4 is 21.3 Å². The lowest BCUT2D eigenvalue weighted by Gasteiger charge is -2.40. The highest BCUT2D eigenvalue weighted by atomic mass is 16.6. The predicted molar refractivity (Wildman–Crippen MR) is 327 cm³/mol. The van der Waals surface area contributed by atoms with E-state index in [2.05, 4.69) is 21.3 Å². The highest BCUT2D eigenvalue weighted by Gasteiger charge is 2.45. The van der Waals surface area contributed by atoms with Crippen molar-refractivity contribution in [3.05, 3.63) is 0 Å². The third kappa shape index (κ3) is 22.5. The molecular weight excluding hydrogens is 1110 g/mol. The second kappa shape index (κ2) is 35.6. The lowest BCUT2D eigenvalue weighted by molar-refractivity contribution is -0.166. The lowest BCUT2D eigenvalue weighted by Crippen LogP contribution is -2.63. The van der Waals surface area contributed by atoms with Crippen molar-refractivity contribution < 1.29 is 67.4 Å². The van der Waals surface area contributed by atoms with Gasteiger partial charge in [0.05, 0.1) is 12.6 Å². The van der Waals surface area contributed by atoms with Crippen molar-refractivity contribution in [3.8, 4) is 0 Å². The highest BCUT2D eigenvalue weighted by molar-refractivity contribution is 5.99. The minimum absolute atomic E-state index is 0.0267. The maximum atomic E-state index is 15.0. The van der Waals surface area contributed by atoms with Crippen LogP contribution in [-0.4, -0.2) is 221 Å². The molecule has 1 aliphatic heterocycles. The fourth-order valence-electron chi connectivity index (χ4n) is 10.6. The summed E-state index contributed by atoms with van der Waals surface area (Å²) >= 11 is 0. The van der Waals surface area contributed by atoms with Crippen LogP contribution in [0, 0.1) is 47.3 Å². The summed E-state index contributed by atoms with van der Waals surface area (Å²) in [4.78, 5) is 179. The third-order valence-electron chi connectivity index (χ3n) is 15.8. The summed E-state index contributed by atoms with van der Waals surface area (Å²) in [6, 6.07) is -11.8. The molecule has 1 rings (SSSR count). The minimum atomic E-state index is -1.74. The number of ether oxygens (including phenoxy) is 1.